The Morgan fingerprint density at radius 3 is 2.94 bits per heavy atom. The summed E-state index contributed by atoms with van der Waals surface area (Å²) in [6.07, 6.45) is -0.494. The normalized spacial score (nSPS) is 12.6. The second-order valence-corrected chi connectivity index (χ2v) is 4.21. The van der Waals surface area contributed by atoms with Crippen LogP contribution in [-0.2, 0) is 11.3 Å². The number of anilines is 1. The quantitative estimate of drug-likeness (QED) is 0.710. The molecule has 6 nitrogen and oxygen atoms in total. The van der Waals surface area contributed by atoms with Gasteiger partial charge in [0.15, 0.2) is 0 Å². The molecule has 0 fully saturated rings. The fraction of sp³-hybridized carbons (Fsp3) is 0.333. The molecule has 96 valence electrons. The van der Waals surface area contributed by atoms with Crippen molar-refractivity contribution in [2.24, 2.45) is 5.73 Å². The van der Waals surface area contributed by atoms with Gasteiger partial charge in [-0.15, -0.1) is 0 Å². The lowest BCUT2D eigenvalue weighted by atomic mass is 10.3. The number of aliphatic hydroxyl groups excluding tert-OH is 1. The molecule has 1 atom stereocenters. The molecular formula is C12H16N4O2. The topological polar surface area (TPSA) is 93.2 Å². The summed E-state index contributed by atoms with van der Waals surface area (Å²) in [5, 5.41) is 12.3. The van der Waals surface area contributed by atoms with Crippen molar-refractivity contribution < 1.29 is 9.90 Å². The number of aromatic nitrogens is 2. The molecule has 0 saturated heterocycles. The lowest BCUT2D eigenvalue weighted by Crippen LogP contribution is -2.22. The molecule has 1 amide bonds. The molecule has 4 N–H and O–H groups in total. The van der Waals surface area contributed by atoms with Crippen LogP contribution in [0.1, 0.15) is 6.92 Å². The van der Waals surface area contributed by atoms with Crippen LogP contribution in [0.5, 0.6) is 0 Å². The highest BCUT2D eigenvalue weighted by Crippen LogP contribution is 2.19. The van der Waals surface area contributed by atoms with Gasteiger partial charge in [0.2, 0.25) is 11.9 Å². The van der Waals surface area contributed by atoms with Crippen molar-refractivity contribution in [3.05, 3.63) is 24.3 Å². The number of imidazole rings is 1. The van der Waals surface area contributed by atoms with Gasteiger partial charge in [0.1, 0.15) is 6.54 Å². The van der Waals surface area contributed by atoms with Crippen LogP contribution in [0.4, 0.5) is 5.95 Å². The first-order chi connectivity index (χ1) is 8.58. The summed E-state index contributed by atoms with van der Waals surface area (Å²) in [7, 11) is 0. The third-order valence-corrected chi connectivity index (χ3v) is 2.52. The minimum Gasteiger partial charge on any atom is -0.392 e. The minimum absolute atomic E-state index is 0.0582. The predicted octanol–water partition coefficient (Wildman–Crippen LogP) is 0.314. The molecule has 1 aromatic carbocycles. The molecule has 0 saturated carbocycles. The number of para-hydroxylation sites is 2. The van der Waals surface area contributed by atoms with Gasteiger partial charge in [-0.05, 0) is 19.1 Å². The first-order valence-electron chi connectivity index (χ1n) is 5.73. The van der Waals surface area contributed by atoms with Gasteiger partial charge in [-0.1, -0.05) is 12.1 Å². The molecule has 1 heterocycles. The molecule has 2 rings (SSSR count). The van der Waals surface area contributed by atoms with E-state index in [4.69, 9.17) is 5.73 Å². The zero-order chi connectivity index (χ0) is 13.1. The Hall–Kier alpha value is -2.08. The van der Waals surface area contributed by atoms with Crippen molar-refractivity contribution in [1.29, 1.82) is 0 Å². The third-order valence-electron chi connectivity index (χ3n) is 2.52. The number of amides is 1. The largest absolute Gasteiger partial charge is 0.392 e. The van der Waals surface area contributed by atoms with Crippen LogP contribution >= 0.6 is 0 Å². The standard InChI is InChI=1S/C12H16N4O2/c1-8(17)6-14-12-15-9-4-2-3-5-10(9)16(12)7-11(13)18/h2-5,8,17H,6-7H2,1H3,(H2,13,18)(H,14,15)/t8-/m0/s1. The number of nitrogens with one attached hydrogen (secondary N) is 1. The number of fused-ring (bicyclic) bond motifs is 1. The van der Waals surface area contributed by atoms with E-state index in [1.807, 2.05) is 24.3 Å². The minimum atomic E-state index is -0.494. The highest BCUT2D eigenvalue weighted by molar-refractivity contribution is 5.82. The van der Waals surface area contributed by atoms with Gasteiger partial charge < -0.3 is 20.7 Å². The van der Waals surface area contributed by atoms with Gasteiger partial charge in [0.05, 0.1) is 17.1 Å². The second kappa shape index (κ2) is 5.05. The van der Waals surface area contributed by atoms with Crippen LogP contribution in [0.3, 0.4) is 0 Å². The monoisotopic (exact) mass is 248 g/mol. The Kier molecular flexibility index (Phi) is 3.47. The maximum atomic E-state index is 11.1. The summed E-state index contributed by atoms with van der Waals surface area (Å²) in [5.74, 6) is 0.106. The Morgan fingerprint density at radius 2 is 2.28 bits per heavy atom. The van der Waals surface area contributed by atoms with Gasteiger partial charge in [-0.25, -0.2) is 4.98 Å². The average Bonchev–Trinajstić information content (AvgIpc) is 2.64. The number of carbonyl (C=O) groups is 1. The van der Waals surface area contributed by atoms with Gasteiger partial charge in [0.25, 0.3) is 0 Å². The summed E-state index contributed by atoms with van der Waals surface area (Å²) >= 11 is 0. The van der Waals surface area contributed by atoms with E-state index < -0.39 is 12.0 Å². The summed E-state index contributed by atoms with van der Waals surface area (Å²) in [5.41, 5.74) is 6.86. The van der Waals surface area contributed by atoms with E-state index in [9.17, 15) is 9.90 Å². The van der Waals surface area contributed by atoms with E-state index in [1.165, 1.54) is 0 Å². The molecule has 0 aliphatic heterocycles. The summed E-state index contributed by atoms with van der Waals surface area (Å²) in [4.78, 5) is 15.5. The van der Waals surface area contributed by atoms with Gasteiger partial charge in [0, 0.05) is 6.54 Å². The number of hydrogen-bond acceptors (Lipinski definition) is 4. The van der Waals surface area contributed by atoms with E-state index in [0.717, 1.165) is 11.0 Å². The van der Waals surface area contributed by atoms with E-state index in [1.54, 1.807) is 11.5 Å². The molecule has 0 unspecified atom stereocenters. The zero-order valence-corrected chi connectivity index (χ0v) is 10.1. The smallest absolute Gasteiger partial charge is 0.237 e. The maximum absolute atomic E-state index is 11.1. The molecule has 2 aromatic rings. The number of carbonyl (C=O) groups excluding carboxylic acids is 1. The Labute approximate surface area is 104 Å². The van der Waals surface area contributed by atoms with Crippen molar-refractivity contribution in [3.63, 3.8) is 0 Å². The fourth-order valence-corrected chi connectivity index (χ4v) is 1.77. The summed E-state index contributed by atoms with van der Waals surface area (Å²) in [6.45, 7) is 2.10. The lowest BCUT2D eigenvalue weighted by molar-refractivity contribution is -0.118. The van der Waals surface area contributed by atoms with E-state index >= 15 is 0 Å². The van der Waals surface area contributed by atoms with Crippen LogP contribution in [0.15, 0.2) is 24.3 Å². The number of nitrogens with zero attached hydrogens (tertiary/aromatic N) is 2. The Bertz CT molecular complexity index is 562. The molecular weight excluding hydrogens is 232 g/mol. The highest BCUT2D eigenvalue weighted by Gasteiger charge is 2.12. The number of benzene rings is 1. The van der Waals surface area contributed by atoms with Crippen molar-refractivity contribution in [1.82, 2.24) is 9.55 Å². The highest BCUT2D eigenvalue weighted by atomic mass is 16.3. The van der Waals surface area contributed by atoms with Gasteiger partial charge >= 0.3 is 0 Å². The van der Waals surface area contributed by atoms with E-state index in [2.05, 4.69) is 10.3 Å². The number of aliphatic hydroxyl groups is 1. The van der Waals surface area contributed by atoms with E-state index in [0.29, 0.717) is 12.5 Å². The van der Waals surface area contributed by atoms with Crippen molar-refractivity contribution in [2.45, 2.75) is 19.6 Å². The van der Waals surface area contributed by atoms with Crippen LogP contribution in [0, 0.1) is 0 Å². The molecule has 0 bridgehead atoms. The van der Waals surface area contributed by atoms with Crippen molar-refractivity contribution in [2.75, 3.05) is 11.9 Å². The fourth-order valence-electron chi connectivity index (χ4n) is 1.77. The molecule has 0 radical (unpaired) electrons. The number of hydrogen-bond donors (Lipinski definition) is 3. The molecule has 6 heteroatoms. The third kappa shape index (κ3) is 2.60. The average molecular weight is 248 g/mol. The number of primary amides is 1. The van der Waals surface area contributed by atoms with Crippen LogP contribution < -0.4 is 11.1 Å². The number of rotatable bonds is 5. The van der Waals surface area contributed by atoms with Crippen molar-refractivity contribution in [3.8, 4) is 0 Å². The first-order valence-corrected chi connectivity index (χ1v) is 5.73. The summed E-state index contributed by atoms with van der Waals surface area (Å²) < 4.78 is 1.71. The first kappa shape index (κ1) is 12.4. The van der Waals surface area contributed by atoms with Crippen LogP contribution in [0.2, 0.25) is 0 Å². The number of nitrogens with two attached hydrogens (primary N) is 1. The van der Waals surface area contributed by atoms with Gasteiger partial charge in [-0.2, -0.15) is 0 Å². The molecule has 0 spiro atoms. The van der Waals surface area contributed by atoms with Gasteiger partial charge in [-0.3, -0.25) is 4.79 Å². The molecule has 0 aliphatic carbocycles. The maximum Gasteiger partial charge on any atom is 0.237 e. The Morgan fingerprint density at radius 1 is 1.56 bits per heavy atom. The SMILES string of the molecule is C[C@H](O)CNc1nc2ccccc2n1CC(N)=O. The van der Waals surface area contributed by atoms with Crippen LogP contribution in [-0.4, -0.2) is 33.2 Å². The molecule has 18 heavy (non-hydrogen) atoms. The predicted molar refractivity (Wildman–Crippen MR) is 69.1 cm³/mol. The Balaban J connectivity index is 2.39. The van der Waals surface area contributed by atoms with Crippen LogP contribution in [0.25, 0.3) is 11.0 Å². The summed E-state index contributed by atoms with van der Waals surface area (Å²) in [6, 6.07) is 7.49. The second-order valence-electron chi connectivity index (χ2n) is 4.21. The lowest BCUT2D eigenvalue weighted by Gasteiger charge is -2.10. The van der Waals surface area contributed by atoms with E-state index in [-0.39, 0.29) is 6.54 Å². The molecule has 1 aromatic heterocycles. The van der Waals surface area contributed by atoms with Crippen molar-refractivity contribution >= 4 is 22.9 Å². The zero-order valence-electron chi connectivity index (χ0n) is 10.1. The molecule has 0 aliphatic rings.